The normalized spacial score (nSPS) is 44.8. The Morgan fingerprint density at radius 1 is 1.25 bits per heavy atom. The first kappa shape index (κ1) is 9.88. The van der Waals surface area contributed by atoms with Gasteiger partial charge >= 0.3 is 0 Å². The maximum absolute atomic E-state index is 9.37. The molecular formula is C7H16NO4+. The molecule has 0 heterocycles. The molecule has 0 spiro atoms. The van der Waals surface area contributed by atoms with Gasteiger partial charge in [0.25, 0.3) is 0 Å². The molecule has 12 heavy (non-hydrogen) atoms. The third kappa shape index (κ3) is 1.60. The van der Waals surface area contributed by atoms with Crippen molar-refractivity contribution in [3.63, 3.8) is 0 Å². The van der Waals surface area contributed by atoms with E-state index in [2.05, 4.69) is 5.73 Å². The smallest absolute Gasteiger partial charge is 0.113 e. The lowest BCUT2D eigenvalue weighted by molar-refractivity contribution is -0.442. The average molecular weight is 178 g/mol. The Balaban J connectivity index is 2.58. The van der Waals surface area contributed by atoms with E-state index in [0.717, 1.165) is 0 Å². The van der Waals surface area contributed by atoms with Crippen molar-refractivity contribution in [1.29, 1.82) is 0 Å². The number of aliphatic hydroxyl groups excluding tert-OH is 4. The Labute approximate surface area is 70.4 Å². The van der Waals surface area contributed by atoms with Gasteiger partial charge in [0.2, 0.25) is 0 Å². The molecule has 0 radical (unpaired) electrons. The first-order valence-corrected chi connectivity index (χ1v) is 4.06. The summed E-state index contributed by atoms with van der Waals surface area (Å²) in [5.41, 5.74) is 3.63. The fourth-order valence-corrected chi connectivity index (χ4v) is 1.65. The van der Waals surface area contributed by atoms with E-state index >= 15 is 0 Å². The number of hydrogen-bond donors (Lipinski definition) is 5. The second-order valence-electron chi connectivity index (χ2n) is 3.39. The van der Waals surface area contributed by atoms with Gasteiger partial charge in [-0.2, -0.15) is 0 Å². The van der Waals surface area contributed by atoms with E-state index in [1.165, 1.54) is 0 Å². The summed E-state index contributed by atoms with van der Waals surface area (Å²) in [4.78, 5) is 0. The van der Waals surface area contributed by atoms with E-state index in [4.69, 9.17) is 10.2 Å². The van der Waals surface area contributed by atoms with Crippen LogP contribution in [0.5, 0.6) is 0 Å². The van der Waals surface area contributed by atoms with Gasteiger partial charge in [-0.25, -0.2) is 0 Å². The van der Waals surface area contributed by atoms with Gasteiger partial charge in [0, 0.05) is 5.92 Å². The van der Waals surface area contributed by atoms with E-state index < -0.39 is 18.3 Å². The summed E-state index contributed by atoms with van der Waals surface area (Å²) in [6, 6.07) is -0.327. The van der Waals surface area contributed by atoms with Gasteiger partial charge in [-0.3, -0.25) is 0 Å². The number of quaternary nitrogens is 1. The summed E-state index contributed by atoms with van der Waals surface area (Å²) < 4.78 is 0. The molecule has 1 fully saturated rings. The molecule has 1 aliphatic carbocycles. The Hall–Kier alpha value is -0.200. The lowest BCUT2D eigenvalue weighted by atomic mass is 9.97. The van der Waals surface area contributed by atoms with Crippen LogP contribution >= 0.6 is 0 Å². The van der Waals surface area contributed by atoms with Gasteiger partial charge in [0.05, 0.1) is 18.8 Å². The molecule has 1 aliphatic rings. The molecule has 0 aromatic carbocycles. The summed E-state index contributed by atoms with van der Waals surface area (Å²) in [6.45, 7) is -0.138. The number of hydrogen-bond acceptors (Lipinski definition) is 4. The number of rotatable bonds is 2. The van der Waals surface area contributed by atoms with Crippen LogP contribution in [0.3, 0.4) is 0 Å². The van der Waals surface area contributed by atoms with Crippen LogP contribution < -0.4 is 5.73 Å². The predicted molar refractivity (Wildman–Crippen MR) is 39.9 cm³/mol. The first-order chi connectivity index (χ1) is 5.57. The van der Waals surface area contributed by atoms with Gasteiger partial charge in [-0.15, -0.1) is 0 Å². The summed E-state index contributed by atoms with van der Waals surface area (Å²) in [6.07, 6.45) is -2.64. The minimum Gasteiger partial charge on any atom is -0.390 e. The fourth-order valence-electron chi connectivity index (χ4n) is 1.65. The molecule has 0 amide bonds. The topological polar surface area (TPSA) is 109 Å². The monoisotopic (exact) mass is 178 g/mol. The fraction of sp³-hybridized carbons (Fsp3) is 1.00. The van der Waals surface area contributed by atoms with Crippen molar-refractivity contribution in [2.45, 2.75) is 30.8 Å². The zero-order valence-corrected chi connectivity index (χ0v) is 6.80. The molecule has 7 N–H and O–H groups in total. The van der Waals surface area contributed by atoms with Gasteiger partial charge in [-0.1, -0.05) is 0 Å². The molecule has 1 rings (SSSR count). The third-order valence-electron chi connectivity index (χ3n) is 2.54. The molecule has 0 bridgehead atoms. The van der Waals surface area contributed by atoms with Gasteiger partial charge < -0.3 is 26.2 Å². The molecular weight excluding hydrogens is 162 g/mol. The van der Waals surface area contributed by atoms with Crippen LogP contribution in [0, 0.1) is 5.92 Å². The summed E-state index contributed by atoms with van der Waals surface area (Å²) in [5.74, 6) is -0.306. The molecule has 0 aliphatic heterocycles. The molecule has 5 nitrogen and oxygen atoms in total. The molecule has 0 unspecified atom stereocenters. The van der Waals surface area contributed by atoms with Crippen molar-refractivity contribution in [3.05, 3.63) is 0 Å². The van der Waals surface area contributed by atoms with Crippen LogP contribution in [0.2, 0.25) is 0 Å². The SMILES string of the molecule is [NH3+][C@@H](CO)[C@@H]1C[C@@H](O)[C@@H](O)[C@@H]1O. The maximum Gasteiger partial charge on any atom is 0.113 e. The summed E-state index contributed by atoms with van der Waals surface area (Å²) in [5, 5.41) is 36.5. The van der Waals surface area contributed by atoms with Crippen molar-refractivity contribution in [1.82, 2.24) is 0 Å². The van der Waals surface area contributed by atoms with Gasteiger partial charge in [-0.05, 0) is 6.42 Å². The van der Waals surface area contributed by atoms with E-state index in [-0.39, 0.29) is 18.6 Å². The quantitative estimate of drug-likeness (QED) is 0.305. The van der Waals surface area contributed by atoms with E-state index in [0.29, 0.717) is 6.42 Å². The van der Waals surface area contributed by atoms with E-state index in [9.17, 15) is 10.2 Å². The molecule has 0 saturated heterocycles. The highest BCUT2D eigenvalue weighted by molar-refractivity contribution is 4.93. The van der Waals surface area contributed by atoms with Crippen LogP contribution in [-0.4, -0.2) is 51.4 Å². The standard InChI is InChI=1S/C7H15NO4/c8-4(2-9)3-1-5(10)7(12)6(3)11/h3-7,9-12H,1-2,8H2/p+1/t3-,4-,5+,6+,7+/m0/s1. The first-order valence-electron chi connectivity index (χ1n) is 4.06. The van der Waals surface area contributed by atoms with Crippen LogP contribution in [0.15, 0.2) is 0 Å². The zero-order chi connectivity index (χ0) is 9.30. The van der Waals surface area contributed by atoms with Crippen LogP contribution in [0.4, 0.5) is 0 Å². The van der Waals surface area contributed by atoms with Crippen molar-refractivity contribution in [3.8, 4) is 0 Å². The van der Waals surface area contributed by atoms with E-state index in [1.54, 1.807) is 0 Å². The van der Waals surface area contributed by atoms with Crippen molar-refractivity contribution >= 4 is 0 Å². The summed E-state index contributed by atoms with van der Waals surface area (Å²) in [7, 11) is 0. The number of aliphatic hydroxyl groups is 4. The molecule has 0 aromatic rings. The minimum atomic E-state index is -1.09. The lowest BCUT2D eigenvalue weighted by Gasteiger charge is -2.18. The van der Waals surface area contributed by atoms with Crippen LogP contribution in [0.1, 0.15) is 6.42 Å². The van der Waals surface area contributed by atoms with Crippen molar-refractivity contribution < 1.29 is 26.2 Å². The highest BCUT2D eigenvalue weighted by atomic mass is 16.4. The second-order valence-corrected chi connectivity index (χ2v) is 3.39. The van der Waals surface area contributed by atoms with Crippen LogP contribution in [0.25, 0.3) is 0 Å². The Kier molecular flexibility index (Phi) is 3.03. The minimum absolute atomic E-state index is 0.138. The molecule has 5 atom stereocenters. The highest BCUT2D eigenvalue weighted by Gasteiger charge is 2.44. The van der Waals surface area contributed by atoms with Gasteiger partial charge in [0.1, 0.15) is 12.1 Å². The zero-order valence-electron chi connectivity index (χ0n) is 6.80. The molecule has 1 saturated carbocycles. The summed E-state index contributed by atoms with van der Waals surface area (Å²) >= 11 is 0. The molecule has 5 heteroatoms. The second kappa shape index (κ2) is 3.68. The largest absolute Gasteiger partial charge is 0.390 e. The third-order valence-corrected chi connectivity index (χ3v) is 2.54. The Bertz CT molecular complexity index is 154. The van der Waals surface area contributed by atoms with Crippen molar-refractivity contribution in [2.24, 2.45) is 5.92 Å². The Morgan fingerprint density at radius 3 is 2.17 bits per heavy atom. The van der Waals surface area contributed by atoms with E-state index in [1.807, 2.05) is 0 Å². The average Bonchev–Trinajstić information content (AvgIpc) is 2.32. The van der Waals surface area contributed by atoms with Gasteiger partial charge in [0.15, 0.2) is 0 Å². The molecule has 0 aromatic heterocycles. The van der Waals surface area contributed by atoms with Crippen molar-refractivity contribution in [2.75, 3.05) is 6.61 Å². The molecule has 72 valence electrons. The van der Waals surface area contributed by atoms with Crippen LogP contribution in [-0.2, 0) is 0 Å². The highest BCUT2D eigenvalue weighted by Crippen LogP contribution is 2.27. The lowest BCUT2D eigenvalue weighted by Crippen LogP contribution is -2.67. The maximum atomic E-state index is 9.37. The predicted octanol–water partition coefficient (Wildman–Crippen LogP) is -3.31. The Morgan fingerprint density at radius 2 is 1.83 bits per heavy atom.